The monoisotopic (exact) mass is 237 g/mol. The first kappa shape index (κ1) is 6.85. The molecule has 0 aromatic rings. The van der Waals surface area contributed by atoms with Crippen LogP contribution in [0.2, 0.25) is 0 Å². The molecule has 0 spiro atoms. The number of hydrogen-bond donors (Lipinski definition) is 2. The van der Waals surface area contributed by atoms with Gasteiger partial charge >= 0.3 is 0 Å². The van der Waals surface area contributed by atoms with Crippen LogP contribution in [0.15, 0.2) is 17.3 Å². The van der Waals surface area contributed by atoms with Gasteiger partial charge in [0.1, 0.15) is 0 Å². The first-order chi connectivity index (χ1) is 4.33. The number of hydrogen-bond acceptors (Lipinski definition) is 3. The van der Waals surface area contributed by atoms with Crippen LogP contribution in [0.5, 0.6) is 0 Å². The van der Waals surface area contributed by atoms with Crippen molar-refractivity contribution in [3.63, 3.8) is 0 Å². The Morgan fingerprint density at radius 3 is 3.11 bits per heavy atom. The summed E-state index contributed by atoms with van der Waals surface area (Å²) in [6.45, 7) is 2.07. The summed E-state index contributed by atoms with van der Waals surface area (Å²) in [5.74, 6) is 0.825. The first-order valence-corrected chi connectivity index (χ1v) is 3.78. The van der Waals surface area contributed by atoms with Crippen molar-refractivity contribution in [3.8, 4) is 0 Å². The lowest BCUT2D eigenvalue weighted by atomic mass is 10.3. The second-order valence-corrected chi connectivity index (χ2v) is 2.39. The zero-order valence-electron chi connectivity index (χ0n) is 5.06. The first-order valence-electron chi connectivity index (χ1n) is 2.70. The van der Waals surface area contributed by atoms with Gasteiger partial charge in [-0.2, -0.15) is 0 Å². The molecule has 0 radical (unpaired) electrons. The van der Waals surface area contributed by atoms with Crippen molar-refractivity contribution in [3.05, 3.63) is 12.3 Å². The highest BCUT2D eigenvalue weighted by molar-refractivity contribution is 14.1. The van der Waals surface area contributed by atoms with Gasteiger partial charge in [0.05, 0.1) is 22.9 Å². The lowest BCUT2D eigenvalue weighted by molar-refractivity contribution is 0.780. The van der Waals surface area contributed by atoms with E-state index in [2.05, 4.69) is 20.8 Å². The number of rotatable bonds is 0. The summed E-state index contributed by atoms with van der Waals surface area (Å²) >= 11 is 2.04. The molecule has 0 aliphatic carbocycles. The van der Waals surface area contributed by atoms with Crippen molar-refractivity contribution in [2.75, 3.05) is 0 Å². The van der Waals surface area contributed by atoms with Gasteiger partial charge in [-0.1, -0.05) is 0 Å². The molecule has 0 saturated carbocycles. The van der Waals surface area contributed by atoms with Crippen LogP contribution in [-0.4, -0.2) is 12.0 Å². The lowest BCUT2D eigenvalue weighted by Crippen LogP contribution is -2.38. The van der Waals surface area contributed by atoms with E-state index in [4.69, 9.17) is 0 Å². The van der Waals surface area contributed by atoms with Crippen LogP contribution >= 0.6 is 22.9 Å². The van der Waals surface area contributed by atoms with E-state index in [1.807, 2.05) is 28.9 Å². The summed E-state index contributed by atoms with van der Waals surface area (Å²) in [6.07, 6.45) is 3.79. The SMILES string of the molecule is CC1C=CN=C(NI)N1. The molecule has 0 fully saturated rings. The third kappa shape index (κ3) is 1.85. The van der Waals surface area contributed by atoms with Gasteiger partial charge in [0.25, 0.3) is 0 Å². The lowest BCUT2D eigenvalue weighted by Gasteiger charge is -2.14. The van der Waals surface area contributed by atoms with E-state index in [-0.39, 0.29) is 0 Å². The minimum atomic E-state index is 0.389. The molecule has 0 saturated heterocycles. The Hall–Kier alpha value is -0.260. The van der Waals surface area contributed by atoms with E-state index >= 15 is 0 Å². The third-order valence-corrected chi connectivity index (χ3v) is 1.54. The summed E-state index contributed by atoms with van der Waals surface area (Å²) in [6, 6.07) is 0.389. The van der Waals surface area contributed by atoms with Crippen molar-refractivity contribution >= 4 is 28.8 Å². The topological polar surface area (TPSA) is 36.4 Å². The number of aliphatic imine (C=N–C) groups is 1. The van der Waals surface area contributed by atoms with E-state index in [9.17, 15) is 0 Å². The van der Waals surface area contributed by atoms with E-state index in [0.717, 1.165) is 5.96 Å². The molecule has 3 nitrogen and oxygen atoms in total. The quantitative estimate of drug-likeness (QED) is 0.482. The number of nitrogens with one attached hydrogen (secondary N) is 2. The minimum absolute atomic E-state index is 0.389. The maximum atomic E-state index is 4.00. The molecule has 4 heteroatoms. The van der Waals surface area contributed by atoms with Crippen LogP contribution < -0.4 is 8.85 Å². The van der Waals surface area contributed by atoms with E-state index in [0.29, 0.717) is 6.04 Å². The van der Waals surface area contributed by atoms with Crippen molar-refractivity contribution in [2.24, 2.45) is 4.99 Å². The molecule has 2 N–H and O–H groups in total. The molecule has 1 rings (SSSR count). The second kappa shape index (κ2) is 3.05. The summed E-state index contributed by atoms with van der Waals surface area (Å²) < 4.78 is 2.89. The average Bonchev–Trinajstić information content (AvgIpc) is 1.88. The average molecular weight is 237 g/mol. The standard InChI is InChI=1S/C5H8IN3/c1-4-2-3-7-5(8-4)9-6/h2-4H,1H3,(H2,7,8,9). The molecule has 1 unspecified atom stereocenters. The highest BCUT2D eigenvalue weighted by atomic mass is 127. The van der Waals surface area contributed by atoms with Gasteiger partial charge in [-0.05, 0) is 13.0 Å². The van der Waals surface area contributed by atoms with Gasteiger partial charge in [0.15, 0.2) is 0 Å². The Balaban J connectivity index is 2.55. The fourth-order valence-electron chi connectivity index (χ4n) is 0.599. The summed E-state index contributed by atoms with van der Waals surface area (Å²) in [5, 5.41) is 3.11. The molecular weight excluding hydrogens is 229 g/mol. The Morgan fingerprint density at radius 1 is 1.89 bits per heavy atom. The maximum absolute atomic E-state index is 4.00. The fourth-order valence-corrected chi connectivity index (χ4v) is 0.894. The van der Waals surface area contributed by atoms with Gasteiger partial charge in [-0.15, -0.1) is 0 Å². The Bertz CT molecular complexity index is 152. The Labute approximate surface area is 68.1 Å². The molecule has 1 aliphatic heterocycles. The number of guanidine groups is 1. The van der Waals surface area contributed by atoms with Crippen molar-refractivity contribution in [2.45, 2.75) is 13.0 Å². The zero-order chi connectivity index (χ0) is 6.69. The van der Waals surface area contributed by atoms with Crippen LogP contribution in [0.1, 0.15) is 6.92 Å². The number of nitrogens with zero attached hydrogens (tertiary/aromatic N) is 1. The molecular formula is C5H8IN3. The van der Waals surface area contributed by atoms with Gasteiger partial charge in [-0.25, -0.2) is 4.99 Å². The van der Waals surface area contributed by atoms with Gasteiger partial charge < -0.3 is 5.32 Å². The molecule has 0 bridgehead atoms. The fraction of sp³-hybridized carbons (Fsp3) is 0.400. The van der Waals surface area contributed by atoms with E-state index in [1.54, 1.807) is 6.20 Å². The van der Waals surface area contributed by atoms with Gasteiger partial charge in [0, 0.05) is 12.2 Å². The summed E-state index contributed by atoms with van der Waals surface area (Å²) in [5.41, 5.74) is 0. The van der Waals surface area contributed by atoms with Crippen molar-refractivity contribution in [1.82, 2.24) is 8.85 Å². The molecule has 0 amide bonds. The van der Waals surface area contributed by atoms with Crippen molar-refractivity contribution < 1.29 is 0 Å². The van der Waals surface area contributed by atoms with Crippen LogP contribution in [-0.2, 0) is 0 Å². The molecule has 1 heterocycles. The molecule has 1 atom stereocenters. The smallest absolute Gasteiger partial charge is 0.205 e. The molecule has 0 aromatic heterocycles. The van der Waals surface area contributed by atoms with Crippen LogP contribution in [0.4, 0.5) is 0 Å². The van der Waals surface area contributed by atoms with Crippen molar-refractivity contribution in [1.29, 1.82) is 0 Å². The highest BCUT2D eigenvalue weighted by Gasteiger charge is 2.02. The second-order valence-electron chi connectivity index (χ2n) is 1.85. The largest absolute Gasteiger partial charge is 0.350 e. The third-order valence-electron chi connectivity index (χ3n) is 1.03. The van der Waals surface area contributed by atoms with Crippen LogP contribution in [0, 0.1) is 0 Å². The Kier molecular flexibility index (Phi) is 2.32. The van der Waals surface area contributed by atoms with Crippen LogP contribution in [0.25, 0.3) is 0 Å². The minimum Gasteiger partial charge on any atom is -0.350 e. The summed E-state index contributed by atoms with van der Waals surface area (Å²) in [7, 11) is 0. The molecule has 0 aromatic carbocycles. The normalized spacial score (nSPS) is 24.7. The predicted molar refractivity (Wildman–Crippen MR) is 46.3 cm³/mol. The van der Waals surface area contributed by atoms with E-state index < -0.39 is 0 Å². The van der Waals surface area contributed by atoms with E-state index in [1.165, 1.54) is 0 Å². The zero-order valence-corrected chi connectivity index (χ0v) is 7.21. The number of halogens is 1. The summed E-state index contributed by atoms with van der Waals surface area (Å²) in [4.78, 5) is 4.00. The molecule has 9 heavy (non-hydrogen) atoms. The Morgan fingerprint density at radius 2 is 2.67 bits per heavy atom. The highest BCUT2D eigenvalue weighted by Crippen LogP contribution is 1.92. The predicted octanol–water partition coefficient (Wildman–Crippen LogP) is 0.787. The van der Waals surface area contributed by atoms with Gasteiger partial charge in [0.2, 0.25) is 5.96 Å². The van der Waals surface area contributed by atoms with Crippen LogP contribution in [0.3, 0.4) is 0 Å². The van der Waals surface area contributed by atoms with Gasteiger partial charge in [-0.3, -0.25) is 3.53 Å². The molecule has 1 aliphatic rings. The maximum Gasteiger partial charge on any atom is 0.205 e. The molecule has 50 valence electrons.